The molecule has 0 aliphatic rings. The van der Waals surface area contributed by atoms with Gasteiger partial charge in [0.1, 0.15) is 0 Å². The highest BCUT2D eigenvalue weighted by Gasteiger charge is 2.10. The summed E-state index contributed by atoms with van der Waals surface area (Å²) in [6.45, 7) is 2.23. The van der Waals surface area contributed by atoms with Crippen LogP contribution in [0.15, 0.2) is 28.8 Å². The zero-order valence-corrected chi connectivity index (χ0v) is 12.1. The third-order valence-electron chi connectivity index (χ3n) is 3.41. The first kappa shape index (κ1) is 14.6. The Morgan fingerprint density at radius 3 is 2.60 bits per heavy atom. The van der Waals surface area contributed by atoms with Gasteiger partial charge in [0.2, 0.25) is 11.7 Å². The number of rotatable bonds is 8. The number of aromatic nitrogens is 2. The Balaban J connectivity index is 1.82. The smallest absolute Gasteiger partial charge is 0.226 e. The second-order valence-corrected chi connectivity index (χ2v) is 5.12. The number of benzene rings is 1. The van der Waals surface area contributed by atoms with Crippen LogP contribution in [0.25, 0.3) is 11.4 Å². The van der Waals surface area contributed by atoms with Crippen LogP contribution in [0.3, 0.4) is 0 Å². The Hall–Kier alpha value is -1.84. The first-order valence-electron chi connectivity index (χ1n) is 7.48. The van der Waals surface area contributed by atoms with E-state index in [0.29, 0.717) is 17.4 Å². The molecular weight excluding hydrogens is 250 g/mol. The van der Waals surface area contributed by atoms with Gasteiger partial charge in [-0.15, -0.1) is 0 Å². The number of nitrogen functional groups attached to an aromatic ring is 1. The maximum Gasteiger partial charge on any atom is 0.226 e. The van der Waals surface area contributed by atoms with E-state index in [0.717, 1.165) is 18.4 Å². The molecule has 108 valence electrons. The van der Waals surface area contributed by atoms with Gasteiger partial charge in [0, 0.05) is 17.7 Å². The Labute approximate surface area is 120 Å². The predicted octanol–water partition coefficient (Wildman–Crippen LogP) is 4.22. The number of nitrogens with zero attached hydrogens (tertiary/aromatic N) is 2. The Kier molecular flexibility index (Phi) is 5.59. The summed E-state index contributed by atoms with van der Waals surface area (Å²) in [6, 6.07) is 7.58. The van der Waals surface area contributed by atoms with Gasteiger partial charge in [0.25, 0.3) is 0 Å². The molecule has 20 heavy (non-hydrogen) atoms. The number of hydrogen-bond acceptors (Lipinski definition) is 4. The number of hydrogen-bond donors (Lipinski definition) is 1. The first-order chi connectivity index (χ1) is 9.81. The molecular formula is C16H23N3O. The molecule has 1 aromatic heterocycles. The molecule has 0 radical (unpaired) electrons. The van der Waals surface area contributed by atoms with E-state index in [1.807, 2.05) is 24.3 Å². The van der Waals surface area contributed by atoms with Crippen molar-refractivity contribution < 1.29 is 4.52 Å². The summed E-state index contributed by atoms with van der Waals surface area (Å²) in [5.74, 6) is 1.29. The van der Waals surface area contributed by atoms with Gasteiger partial charge in [-0.3, -0.25) is 0 Å². The second-order valence-electron chi connectivity index (χ2n) is 5.12. The summed E-state index contributed by atoms with van der Waals surface area (Å²) in [4.78, 5) is 4.42. The Bertz CT molecular complexity index is 522. The van der Waals surface area contributed by atoms with E-state index < -0.39 is 0 Å². The highest BCUT2D eigenvalue weighted by Crippen LogP contribution is 2.22. The fourth-order valence-electron chi connectivity index (χ4n) is 2.22. The average Bonchev–Trinajstić information content (AvgIpc) is 2.92. The van der Waals surface area contributed by atoms with Crippen molar-refractivity contribution in [3.05, 3.63) is 30.2 Å². The zero-order chi connectivity index (χ0) is 14.2. The van der Waals surface area contributed by atoms with Crippen LogP contribution in [0.4, 0.5) is 5.69 Å². The Morgan fingerprint density at radius 2 is 1.80 bits per heavy atom. The maximum atomic E-state index is 5.91. The van der Waals surface area contributed by atoms with Gasteiger partial charge in [0.05, 0.1) is 0 Å². The van der Waals surface area contributed by atoms with Crippen molar-refractivity contribution in [3.63, 3.8) is 0 Å². The summed E-state index contributed by atoms with van der Waals surface area (Å²) >= 11 is 0. The molecule has 0 spiro atoms. The summed E-state index contributed by atoms with van der Waals surface area (Å²) in [6.07, 6.45) is 8.42. The number of nitrogens with two attached hydrogens (primary N) is 1. The maximum absolute atomic E-state index is 5.91. The van der Waals surface area contributed by atoms with Gasteiger partial charge in [-0.1, -0.05) is 56.3 Å². The van der Waals surface area contributed by atoms with Crippen LogP contribution >= 0.6 is 0 Å². The van der Waals surface area contributed by atoms with Gasteiger partial charge >= 0.3 is 0 Å². The first-order valence-corrected chi connectivity index (χ1v) is 7.48. The quantitative estimate of drug-likeness (QED) is 0.577. The molecule has 0 bridgehead atoms. The lowest BCUT2D eigenvalue weighted by Gasteiger charge is -1.98. The number of aryl methyl sites for hydroxylation is 1. The Morgan fingerprint density at radius 1 is 1.05 bits per heavy atom. The van der Waals surface area contributed by atoms with Crippen LogP contribution in [0.1, 0.15) is 51.3 Å². The molecule has 4 heteroatoms. The van der Waals surface area contributed by atoms with Crippen molar-refractivity contribution in [2.75, 3.05) is 5.73 Å². The summed E-state index contributed by atoms with van der Waals surface area (Å²) in [7, 11) is 0. The number of para-hydroxylation sites is 1. The van der Waals surface area contributed by atoms with E-state index in [1.165, 1.54) is 32.1 Å². The van der Waals surface area contributed by atoms with Crippen molar-refractivity contribution in [2.24, 2.45) is 0 Å². The summed E-state index contributed by atoms with van der Waals surface area (Å²) in [5.41, 5.74) is 7.43. The van der Waals surface area contributed by atoms with Gasteiger partial charge in [-0.25, -0.2) is 0 Å². The van der Waals surface area contributed by atoms with Crippen molar-refractivity contribution in [3.8, 4) is 11.4 Å². The second kappa shape index (κ2) is 7.68. The standard InChI is InChI=1S/C16H23N3O/c1-2-3-4-5-6-7-12-15-18-16(19-20-15)13-10-8-9-11-14(13)17/h8-11H,2-7,12,17H2,1H3. The average molecular weight is 273 g/mol. The van der Waals surface area contributed by atoms with Gasteiger partial charge < -0.3 is 10.3 Å². The molecule has 2 N–H and O–H groups in total. The van der Waals surface area contributed by atoms with Crippen LogP contribution in [-0.4, -0.2) is 10.1 Å². The predicted molar refractivity (Wildman–Crippen MR) is 81.2 cm³/mol. The van der Waals surface area contributed by atoms with Crippen molar-refractivity contribution in [2.45, 2.75) is 51.9 Å². The van der Waals surface area contributed by atoms with Crippen molar-refractivity contribution in [1.82, 2.24) is 10.1 Å². The molecule has 4 nitrogen and oxygen atoms in total. The minimum absolute atomic E-state index is 0.587. The largest absolute Gasteiger partial charge is 0.398 e. The lowest BCUT2D eigenvalue weighted by Crippen LogP contribution is -1.91. The lowest BCUT2D eigenvalue weighted by atomic mass is 10.1. The fraction of sp³-hybridized carbons (Fsp3) is 0.500. The van der Waals surface area contributed by atoms with E-state index in [2.05, 4.69) is 17.1 Å². The van der Waals surface area contributed by atoms with E-state index in [4.69, 9.17) is 10.3 Å². The van der Waals surface area contributed by atoms with Crippen LogP contribution in [0, 0.1) is 0 Å². The minimum Gasteiger partial charge on any atom is -0.398 e. The molecule has 0 unspecified atom stereocenters. The topological polar surface area (TPSA) is 64.9 Å². The van der Waals surface area contributed by atoms with Gasteiger partial charge in [-0.2, -0.15) is 4.98 Å². The minimum atomic E-state index is 0.587. The number of anilines is 1. The molecule has 0 saturated carbocycles. The molecule has 0 atom stereocenters. The van der Waals surface area contributed by atoms with Crippen LogP contribution in [0.5, 0.6) is 0 Å². The van der Waals surface area contributed by atoms with Crippen LogP contribution in [-0.2, 0) is 6.42 Å². The zero-order valence-electron chi connectivity index (χ0n) is 12.1. The summed E-state index contributed by atoms with van der Waals surface area (Å²) < 4.78 is 5.29. The SMILES string of the molecule is CCCCCCCCc1nc(-c2ccccc2N)no1. The molecule has 2 rings (SSSR count). The van der Waals surface area contributed by atoms with Gasteiger partial charge in [0.15, 0.2) is 0 Å². The molecule has 0 aliphatic carbocycles. The van der Waals surface area contributed by atoms with E-state index in [1.54, 1.807) is 0 Å². The monoisotopic (exact) mass is 273 g/mol. The van der Waals surface area contributed by atoms with E-state index >= 15 is 0 Å². The highest BCUT2D eigenvalue weighted by atomic mass is 16.5. The van der Waals surface area contributed by atoms with Crippen molar-refractivity contribution >= 4 is 5.69 Å². The molecule has 0 saturated heterocycles. The van der Waals surface area contributed by atoms with Crippen molar-refractivity contribution in [1.29, 1.82) is 0 Å². The summed E-state index contributed by atoms with van der Waals surface area (Å²) in [5, 5.41) is 4.01. The fourth-order valence-corrected chi connectivity index (χ4v) is 2.22. The lowest BCUT2D eigenvalue weighted by molar-refractivity contribution is 0.373. The van der Waals surface area contributed by atoms with Crippen LogP contribution < -0.4 is 5.73 Å². The molecule has 0 amide bonds. The number of unbranched alkanes of at least 4 members (excludes halogenated alkanes) is 5. The third-order valence-corrected chi connectivity index (χ3v) is 3.41. The molecule has 1 heterocycles. The molecule has 2 aromatic rings. The normalized spacial score (nSPS) is 10.8. The van der Waals surface area contributed by atoms with Crippen LogP contribution in [0.2, 0.25) is 0 Å². The van der Waals surface area contributed by atoms with Gasteiger partial charge in [-0.05, 0) is 18.6 Å². The highest BCUT2D eigenvalue weighted by molar-refractivity contribution is 5.70. The van der Waals surface area contributed by atoms with E-state index in [9.17, 15) is 0 Å². The van der Waals surface area contributed by atoms with E-state index in [-0.39, 0.29) is 0 Å². The molecule has 1 aromatic carbocycles. The molecule has 0 fully saturated rings. The third kappa shape index (κ3) is 4.08. The molecule has 0 aliphatic heterocycles.